The van der Waals surface area contributed by atoms with Gasteiger partial charge >= 0.3 is 5.97 Å². The van der Waals surface area contributed by atoms with Crippen molar-refractivity contribution in [1.29, 1.82) is 0 Å². The van der Waals surface area contributed by atoms with Gasteiger partial charge in [0.2, 0.25) is 5.91 Å². The van der Waals surface area contributed by atoms with Gasteiger partial charge in [0, 0.05) is 16.8 Å². The summed E-state index contributed by atoms with van der Waals surface area (Å²) in [6.45, 7) is 3.97. The lowest BCUT2D eigenvalue weighted by Gasteiger charge is -2.28. The maximum atomic E-state index is 12.8. The molecule has 1 saturated carbocycles. The van der Waals surface area contributed by atoms with Gasteiger partial charge in [-0.3, -0.25) is 9.59 Å². The lowest BCUT2D eigenvalue weighted by Crippen LogP contribution is -2.26. The number of carboxylic acid groups (broad SMARTS) is 1. The number of nitrogens with one attached hydrogen (secondary N) is 2. The number of anilines is 3. The van der Waals surface area contributed by atoms with Crippen LogP contribution in [-0.2, 0) is 21.4 Å². The summed E-state index contributed by atoms with van der Waals surface area (Å²) in [6, 6.07) is 19.8. The summed E-state index contributed by atoms with van der Waals surface area (Å²) < 4.78 is 5.95. The number of rotatable bonds is 8. The van der Waals surface area contributed by atoms with Gasteiger partial charge in [-0.1, -0.05) is 49.2 Å². The Morgan fingerprint density at radius 1 is 1.00 bits per heavy atom. The lowest BCUT2D eigenvalue weighted by molar-refractivity contribution is -0.138. The van der Waals surface area contributed by atoms with Crippen LogP contribution in [0.3, 0.4) is 0 Å². The van der Waals surface area contributed by atoms with Gasteiger partial charge in [-0.25, -0.2) is 0 Å². The van der Waals surface area contributed by atoms with Gasteiger partial charge in [-0.05, 0) is 73.2 Å². The summed E-state index contributed by atoms with van der Waals surface area (Å²) in [4.78, 5) is 28.9. The lowest BCUT2D eigenvalue weighted by atomic mass is 9.76. The van der Waals surface area contributed by atoms with Crippen LogP contribution in [0.4, 0.5) is 17.4 Å². The van der Waals surface area contributed by atoms with E-state index in [0.717, 1.165) is 59.1 Å². The molecule has 0 aliphatic heterocycles. The average Bonchev–Trinajstić information content (AvgIpc) is 3.48. The van der Waals surface area contributed by atoms with Crippen molar-refractivity contribution in [2.24, 2.45) is 0 Å². The van der Waals surface area contributed by atoms with Crippen LogP contribution in [0, 0.1) is 13.8 Å². The predicted molar refractivity (Wildman–Crippen MR) is 144 cm³/mol. The second-order valence-electron chi connectivity index (χ2n) is 10.1. The third-order valence-corrected chi connectivity index (χ3v) is 7.33. The Morgan fingerprint density at radius 2 is 1.73 bits per heavy atom. The normalized spacial score (nSPS) is 14.5. The van der Waals surface area contributed by atoms with E-state index < -0.39 is 5.97 Å². The van der Waals surface area contributed by atoms with Crippen molar-refractivity contribution < 1.29 is 19.1 Å². The van der Waals surface area contributed by atoms with E-state index in [-0.39, 0.29) is 24.2 Å². The van der Waals surface area contributed by atoms with Crippen molar-refractivity contribution in [3.8, 4) is 0 Å². The first-order chi connectivity index (χ1) is 17.8. The number of aryl methyl sites for hydroxylation is 2. The first-order valence-corrected chi connectivity index (χ1v) is 12.7. The summed E-state index contributed by atoms with van der Waals surface area (Å²) in [5.74, 6) is -0.901. The van der Waals surface area contributed by atoms with Crippen LogP contribution >= 0.6 is 0 Å². The number of oxazole rings is 1. The number of aromatic nitrogens is 1. The molecule has 7 nitrogen and oxygen atoms in total. The zero-order chi connectivity index (χ0) is 26.0. The minimum atomic E-state index is -0.767. The maximum Gasteiger partial charge on any atom is 0.304 e. The largest absolute Gasteiger partial charge is 0.481 e. The number of aliphatic carboxylic acids is 1. The highest BCUT2D eigenvalue weighted by Crippen LogP contribution is 2.44. The smallest absolute Gasteiger partial charge is 0.304 e. The SMILES string of the molecule is Cc1ccccc1Nc1nc2c(C)cc(CC(=O)Nc3ccc(C4(CC(=O)O)CCCC4)cc3)cc2o1. The molecule has 4 aromatic rings. The van der Waals surface area contributed by atoms with Crippen LogP contribution in [0.5, 0.6) is 0 Å². The fourth-order valence-electron chi connectivity index (χ4n) is 5.46. The quantitative estimate of drug-likeness (QED) is 0.252. The van der Waals surface area contributed by atoms with E-state index in [9.17, 15) is 14.7 Å². The number of carbonyl (C=O) groups excluding carboxylic acids is 1. The summed E-state index contributed by atoms with van der Waals surface area (Å²) >= 11 is 0. The highest BCUT2D eigenvalue weighted by atomic mass is 16.4. The van der Waals surface area contributed by atoms with Gasteiger partial charge in [0.25, 0.3) is 6.01 Å². The molecule has 1 heterocycles. The van der Waals surface area contributed by atoms with Crippen LogP contribution in [0.2, 0.25) is 0 Å². The molecule has 1 aliphatic carbocycles. The number of carbonyl (C=O) groups is 2. The average molecular weight is 498 g/mol. The molecule has 3 aromatic carbocycles. The van der Waals surface area contributed by atoms with Crippen LogP contribution in [0.1, 0.15) is 54.4 Å². The summed E-state index contributed by atoms with van der Waals surface area (Å²) in [5.41, 5.74) is 6.61. The number of hydrogen-bond donors (Lipinski definition) is 3. The molecule has 0 bridgehead atoms. The number of hydrogen-bond acceptors (Lipinski definition) is 5. The second kappa shape index (κ2) is 10.1. The number of benzene rings is 3. The minimum Gasteiger partial charge on any atom is -0.481 e. The molecule has 1 fully saturated rings. The molecule has 0 spiro atoms. The number of amides is 1. The second-order valence-corrected chi connectivity index (χ2v) is 10.1. The Bertz CT molecular complexity index is 1450. The third-order valence-electron chi connectivity index (χ3n) is 7.33. The van der Waals surface area contributed by atoms with Crippen LogP contribution < -0.4 is 10.6 Å². The minimum absolute atomic E-state index is 0.134. The van der Waals surface area contributed by atoms with Gasteiger partial charge in [-0.15, -0.1) is 0 Å². The number of fused-ring (bicyclic) bond motifs is 1. The Kier molecular flexibility index (Phi) is 6.70. The molecular formula is C30H31N3O4. The molecular weight excluding hydrogens is 466 g/mol. The van der Waals surface area contributed by atoms with E-state index in [1.807, 2.05) is 74.5 Å². The summed E-state index contributed by atoms with van der Waals surface area (Å²) in [6.07, 6.45) is 4.20. The maximum absolute atomic E-state index is 12.8. The van der Waals surface area contributed by atoms with Crippen molar-refractivity contribution in [2.75, 3.05) is 10.6 Å². The predicted octanol–water partition coefficient (Wildman–Crippen LogP) is 6.66. The molecule has 7 heteroatoms. The van der Waals surface area contributed by atoms with Crippen molar-refractivity contribution >= 4 is 40.4 Å². The molecule has 1 amide bonds. The van der Waals surface area contributed by atoms with Crippen molar-refractivity contribution in [2.45, 2.75) is 57.8 Å². The Hall–Kier alpha value is -4.13. The molecule has 1 aliphatic rings. The van der Waals surface area contributed by atoms with Gasteiger partial charge in [0.15, 0.2) is 5.58 Å². The topological polar surface area (TPSA) is 104 Å². The molecule has 0 atom stereocenters. The van der Waals surface area contributed by atoms with E-state index in [1.165, 1.54) is 0 Å². The highest BCUT2D eigenvalue weighted by molar-refractivity contribution is 5.93. The van der Waals surface area contributed by atoms with E-state index in [1.54, 1.807) is 0 Å². The van der Waals surface area contributed by atoms with Gasteiger partial charge < -0.3 is 20.2 Å². The fourth-order valence-corrected chi connectivity index (χ4v) is 5.46. The molecule has 1 aromatic heterocycles. The van der Waals surface area contributed by atoms with Crippen LogP contribution in [0.25, 0.3) is 11.1 Å². The first-order valence-electron chi connectivity index (χ1n) is 12.7. The van der Waals surface area contributed by atoms with E-state index in [2.05, 4.69) is 15.6 Å². The van der Waals surface area contributed by atoms with Crippen molar-refractivity contribution in [3.05, 3.63) is 82.9 Å². The van der Waals surface area contributed by atoms with Gasteiger partial charge in [0.05, 0.1) is 12.8 Å². The summed E-state index contributed by atoms with van der Waals surface area (Å²) in [5, 5.41) is 15.6. The standard InChI is InChI=1S/C30H31N3O4/c1-19-7-3-4-8-24(19)32-29-33-28-20(2)15-21(16-25(28)37-29)17-26(34)31-23-11-9-22(10-12-23)30(18-27(35)36)13-5-6-14-30/h3-4,7-12,15-16H,5-6,13-14,17-18H2,1-2H3,(H,31,34)(H,32,33)(H,35,36). The highest BCUT2D eigenvalue weighted by Gasteiger charge is 2.37. The number of nitrogens with zero attached hydrogens (tertiary/aromatic N) is 1. The van der Waals surface area contributed by atoms with E-state index >= 15 is 0 Å². The van der Waals surface area contributed by atoms with Crippen molar-refractivity contribution in [1.82, 2.24) is 4.98 Å². The van der Waals surface area contributed by atoms with Crippen molar-refractivity contribution in [3.63, 3.8) is 0 Å². The molecule has 190 valence electrons. The van der Waals surface area contributed by atoms with Crippen LogP contribution in [0.15, 0.2) is 65.1 Å². The third kappa shape index (κ3) is 5.35. The van der Waals surface area contributed by atoms with E-state index in [4.69, 9.17) is 4.42 Å². The van der Waals surface area contributed by atoms with E-state index in [0.29, 0.717) is 17.3 Å². The summed E-state index contributed by atoms with van der Waals surface area (Å²) in [7, 11) is 0. The monoisotopic (exact) mass is 497 g/mol. The van der Waals surface area contributed by atoms with Gasteiger partial charge in [0.1, 0.15) is 5.52 Å². The van der Waals surface area contributed by atoms with Gasteiger partial charge in [-0.2, -0.15) is 4.98 Å². The zero-order valence-electron chi connectivity index (χ0n) is 21.1. The molecule has 5 rings (SSSR count). The van der Waals surface area contributed by atoms with Crippen LogP contribution in [-0.4, -0.2) is 22.0 Å². The molecule has 3 N–H and O–H groups in total. The fraction of sp³-hybridized carbons (Fsp3) is 0.300. The number of carboxylic acids is 1. The zero-order valence-corrected chi connectivity index (χ0v) is 21.1. The Balaban J connectivity index is 1.27. The first kappa shape index (κ1) is 24.6. The molecule has 0 saturated heterocycles. The molecule has 37 heavy (non-hydrogen) atoms. The molecule has 0 radical (unpaired) electrons. The Labute approximate surface area is 215 Å². The molecule has 0 unspecified atom stereocenters. The number of para-hydroxylation sites is 1. The Morgan fingerprint density at radius 3 is 2.43 bits per heavy atom.